The van der Waals surface area contributed by atoms with Gasteiger partial charge in [0.1, 0.15) is 5.75 Å². The summed E-state index contributed by atoms with van der Waals surface area (Å²) in [6, 6.07) is 16.4. The van der Waals surface area contributed by atoms with Gasteiger partial charge in [-0.2, -0.15) is 0 Å². The molecule has 2 amide bonds. The Morgan fingerprint density at radius 3 is 2.35 bits per heavy atom. The van der Waals surface area contributed by atoms with Crippen LogP contribution < -0.4 is 15.4 Å². The minimum Gasteiger partial charge on any atom is -0.484 e. The van der Waals surface area contributed by atoms with E-state index in [1.165, 1.54) is 0 Å². The van der Waals surface area contributed by atoms with Crippen molar-refractivity contribution in [3.63, 3.8) is 0 Å². The van der Waals surface area contributed by atoms with Gasteiger partial charge in [0.15, 0.2) is 6.61 Å². The molecule has 0 fully saturated rings. The number of benzene rings is 2. The molecule has 0 aromatic heterocycles. The van der Waals surface area contributed by atoms with Crippen molar-refractivity contribution in [1.29, 1.82) is 0 Å². The van der Waals surface area contributed by atoms with Crippen LogP contribution in [0.25, 0.3) is 0 Å². The van der Waals surface area contributed by atoms with Crippen molar-refractivity contribution in [3.8, 4) is 5.75 Å². The second-order valence-electron chi connectivity index (χ2n) is 4.76. The van der Waals surface area contributed by atoms with Crippen molar-refractivity contribution in [2.24, 2.45) is 0 Å². The number of carbonyl (C=O) groups is 2. The van der Waals surface area contributed by atoms with E-state index >= 15 is 0 Å². The van der Waals surface area contributed by atoms with Crippen LogP contribution in [0.3, 0.4) is 0 Å². The molecule has 2 aromatic carbocycles. The fourth-order valence-corrected chi connectivity index (χ4v) is 2.05. The number of nitrogens with one attached hydrogen (secondary N) is 2. The van der Waals surface area contributed by atoms with E-state index in [4.69, 9.17) is 4.74 Å². The van der Waals surface area contributed by atoms with Gasteiger partial charge in [0.25, 0.3) is 5.91 Å². The van der Waals surface area contributed by atoms with Crippen LogP contribution in [0.15, 0.2) is 59.1 Å². The number of amides is 2. The largest absolute Gasteiger partial charge is 0.484 e. The zero-order valence-electron chi connectivity index (χ0n) is 12.4. The summed E-state index contributed by atoms with van der Waals surface area (Å²) >= 11 is 3.33. The average Bonchev–Trinajstić information content (AvgIpc) is 2.56. The highest BCUT2D eigenvalue weighted by Crippen LogP contribution is 2.14. The Morgan fingerprint density at radius 2 is 1.65 bits per heavy atom. The van der Waals surface area contributed by atoms with E-state index in [0.717, 1.165) is 10.2 Å². The Bertz CT molecular complexity index is 645. The maximum atomic E-state index is 11.8. The van der Waals surface area contributed by atoms with E-state index in [1.54, 1.807) is 24.3 Å². The smallest absolute Gasteiger partial charge is 0.257 e. The Morgan fingerprint density at radius 1 is 0.957 bits per heavy atom. The molecule has 0 aliphatic rings. The molecule has 0 saturated carbocycles. The SMILES string of the molecule is O=C(COc1ccccc1)NCCC(=O)Nc1ccc(Br)cc1. The van der Waals surface area contributed by atoms with Gasteiger partial charge in [-0.15, -0.1) is 0 Å². The molecule has 2 N–H and O–H groups in total. The first-order valence-electron chi connectivity index (χ1n) is 7.13. The molecule has 0 bridgehead atoms. The molecule has 2 rings (SSSR count). The highest BCUT2D eigenvalue weighted by atomic mass is 79.9. The molecule has 120 valence electrons. The summed E-state index contributed by atoms with van der Waals surface area (Å²) in [5.74, 6) is 0.220. The first kappa shape index (κ1) is 17.0. The van der Waals surface area contributed by atoms with Crippen molar-refractivity contribution >= 4 is 33.4 Å². The Kier molecular flexibility index (Phi) is 6.62. The molecule has 0 aliphatic heterocycles. The first-order valence-corrected chi connectivity index (χ1v) is 7.93. The number of ether oxygens (including phenoxy) is 1. The van der Waals surface area contributed by atoms with Crippen molar-refractivity contribution in [3.05, 3.63) is 59.1 Å². The quantitative estimate of drug-likeness (QED) is 0.780. The third kappa shape index (κ3) is 6.52. The Hall–Kier alpha value is -2.34. The van der Waals surface area contributed by atoms with Crippen LogP contribution in [0.1, 0.15) is 6.42 Å². The maximum Gasteiger partial charge on any atom is 0.257 e. The van der Waals surface area contributed by atoms with Gasteiger partial charge in [-0.25, -0.2) is 0 Å². The molecular weight excluding hydrogens is 360 g/mol. The summed E-state index contributed by atoms with van der Waals surface area (Å²) < 4.78 is 6.26. The van der Waals surface area contributed by atoms with E-state index in [0.29, 0.717) is 5.75 Å². The van der Waals surface area contributed by atoms with Gasteiger partial charge in [0, 0.05) is 23.1 Å². The minimum absolute atomic E-state index is 0.0711. The average molecular weight is 377 g/mol. The van der Waals surface area contributed by atoms with Gasteiger partial charge in [0.05, 0.1) is 0 Å². The summed E-state index contributed by atoms with van der Waals surface area (Å²) in [5.41, 5.74) is 0.719. The van der Waals surface area contributed by atoms with Crippen LogP contribution in [0, 0.1) is 0 Å². The highest BCUT2D eigenvalue weighted by Gasteiger charge is 2.05. The number of hydrogen-bond donors (Lipinski definition) is 2. The van der Waals surface area contributed by atoms with E-state index in [9.17, 15) is 9.59 Å². The van der Waals surface area contributed by atoms with E-state index in [-0.39, 0.29) is 31.4 Å². The summed E-state index contributed by atoms with van der Waals surface area (Å²) in [6.07, 6.45) is 0.202. The van der Waals surface area contributed by atoms with Crippen LogP contribution in [0.4, 0.5) is 5.69 Å². The number of carbonyl (C=O) groups excluding carboxylic acids is 2. The second-order valence-corrected chi connectivity index (χ2v) is 5.67. The number of anilines is 1. The van der Waals surface area contributed by atoms with Gasteiger partial charge in [-0.1, -0.05) is 34.1 Å². The van der Waals surface area contributed by atoms with Crippen LogP contribution in [-0.4, -0.2) is 25.0 Å². The minimum atomic E-state index is -0.259. The monoisotopic (exact) mass is 376 g/mol. The summed E-state index contributed by atoms with van der Waals surface area (Å²) in [4.78, 5) is 23.4. The Labute approximate surface area is 143 Å². The van der Waals surface area contributed by atoms with Crippen LogP contribution in [0.2, 0.25) is 0 Å². The molecule has 0 radical (unpaired) electrons. The number of rotatable bonds is 7. The second kappa shape index (κ2) is 8.95. The lowest BCUT2D eigenvalue weighted by Gasteiger charge is -2.08. The van der Waals surface area contributed by atoms with Crippen LogP contribution in [-0.2, 0) is 9.59 Å². The summed E-state index contributed by atoms with van der Waals surface area (Å²) in [6.45, 7) is 0.192. The number of hydrogen-bond acceptors (Lipinski definition) is 3. The fourth-order valence-electron chi connectivity index (χ4n) is 1.79. The molecule has 0 atom stereocenters. The predicted octanol–water partition coefficient (Wildman–Crippen LogP) is 2.97. The van der Waals surface area contributed by atoms with Crippen LogP contribution in [0.5, 0.6) is 5.75 Å². The molecule has 0 aliphatic carbocycles. The van der Waals surface area contributed by atoms with E-state index < -0.39 is 0 Å². The lowest BCUT2D eigenvalue weighted by Crippen LogP contribution is -2.31. The lowest BCUT2D eigenvalue weighted by molar-refractivity contribution is -0.123. The van der Waals surface area contributed by atoms with Gasteiger partial charge < -0.3 is 15.4 Å². The highest BCUT2D eigenvalue weighted by molar-refractivity contribution is 9.10. The van der Waals surface area contributed by atoms with E-state index in [2.05, 4.69) is 26.6 Å². The number of para-hydroxylation sites is 1. The van der Waals surface area contributed by atoms with Crippen molar-refractivity contribution in [2.75, 3.05) is 18.5 Å². The zero-order valence-corrected chi connectivity index (χ0v) is 14.0. The molecule has 0 saturated heterocycles. The molecule has 5 nitrogen and oxygen atoms in total. The molecule has 2 aromatic rings. The van der Waals surface area contributed by atoms with Gasteiger partial charge >= 0.3 is 0 Å². The van der Waals surface area contributed by atoms with E-state index in [1.807, 2.05) is 30.3 Å². The van der Waals surface area contributed by atoms with Crippen molar-refractivity contribution < 1.29 is 14.3 Å². The first-order chi connectivity index (χ1) is 11.1. The number of halogens is 1. The van der Waals surface area contributed by atoms with Gasteiger partial charge in [-0.05, 0) is 36.4 Å². The third-order valence-corrected chi connectivity index (χ3v) is 3.44. The maximum absolute atomic E-state index is 11.8. The predicted molar refractivity (Wildman–Crippen MR) is 92.3 cm³/mol. The normalized spacial score (nSPS) is 9.96. The topological polar surface area (TPSA) is 67.4 Å². The molecule has 23 heavy (non-hydrogen) atoms. The summed E-state index contributed by atoms with van der Waals surface area (Å²) in [5, 5.41) is 5.40. The standard InChI is InChI=1S/C17H17BrN2O3/c18-13-6-8-14(9-7-13)20-16(21)10-11-19-17(22)12-23-15-4-2-1-3-5-15/h1-9H,10-12H2,(H,19,22)(H,20,21). The third-order valence-electron chi connectivity index (χ3n) is 2.92. The Balaban J connectivity index is 1.63. The molecule has 6 heteroatoms. The van der Waals surface area contributed by atoms with Crippen molar-refractivity contribution in [1.82, 2.24) is 5.32 Å². The fraction of sp³-hybridized carbons (Fsp3) is 0.176. The van der Waals surface area contributed by atoms with Gasteiger partial charge in [0.2, 0.25) is 5.91 Å². The molecule has 0 spiro atoms. The summed E-state index contributed by atoms with van der Waals surface area (Å²) in [7, 11) is 0. The van der Waals surface area contributed by atoms with Crippen LogP contribution >= 0.6 is 15.9 Å². The molecular formula is C17H17BrN2O3. The van der Waals surface area contributed by atoms with Gasteiger partial charge in [-0.3, -0.25) is 9.59 Å². The molecule has 0 heterocycles. The lowest BCUT2D eigenvalue weighted by atomic mass is 10.3. The molecule has 0 unspecified atom stereocenters. The van der Waals surface area contributed by atoms with Crippen molar-refractivity contribution in [2.45, 2.75) is 6.42 Å². The zero-order chi connectivity index (χ0) is 16.5.